The third-order valence-corrected chi connectivity index (χ3v) is 9.05. The maximum atomic E-state index is 14.1. The summed E-state index contributed by atoms with van der Waals surface area (Å²) < 4.78 is 10.9. The number of ketones is 1. The summed E-state index contributed by atoms with van der Waals surface area (Å²) in [5.41, 5.74) is 4.93. The second kappa shape index (κ2) is 16.1. The lowest BCUT2D eigenvalue weighted by atomic mass is 9.93. The number of ether oxygens (including phenoxy) is 2. The van der Waals surface area contributed by atoms with Gasteiger partial charge in [-0.05, 0) is 93.2 Å². The van der Waals surface area contributed by atoms with Gasteiger partial charge in [0.1, 0.15) is 17.5 Å². The molecule has 0 aromatic heterocycles. The summed E-state index contributed by atoms with van der Waals surface area (Å²) in [7, 11) is 3.02. The van der Waals surface area contributed by atoms with Gasteiger partial charge in [-0.2, -0.15) is 0 Å². The number of amides is 2. The van der Waals surface area contributed by atoms with Crippen LogP contribution in [0.2, 0.25) is 0 Å². The number of nitrogens with zero attached hydrogens (tertiary/aromatic N) is 1. The highest BCUT2D eigenvalue weighted by molar-refractivity contribution is 6.47. The maximum absolute atomic E-state index is 14.1. The molecule has 1 heterocycles. The molecule has 7 heteroatoms. The van der Waals surface area contributed by atoms with Crippen molar-refractivity contribution in [2.75, 3.05) is 19.1 Å². The molecule has 0 spiro atoms. The van der Waals surface area contributed by atoms with Gasteiger partial charge in [-0.15, -0.1) is 0 Å². The number of rotatable bonds is 14. The third-order valence-electron chi connectivity index (χ3n) is 9.05. The molecule has 1 atom stereocenters. The third kappa shape index (κ3) is 8.28. The van der Waals surface area contributed by atoms with Gasteiger partial charge >= 0.3 is 0 Å². The Bertz CT molecular complexity index is 1600. The van der Waals surface area contributed by atoms with Gasteiger partial charge in [-0.25, -0.2) is 0 Å². The Balaban J connectivity index is 1.37. The van der Waals surface area contributed by atoms with Crippen molar-refractivity contribution in [3.63, 3.8) is 0 Å². The normalized spacial score (nSPS) is 14.0. The van der Waals surface area contributed by atoms with Gasteiger partial charge in [0.25, 0.3) is 11.7 Å². The first kappa shape index (κ1) is 33.5. The Morgan fingerprint density at radius 1 is 0.787 bits per heavy atom. The molecular weight excluding hydrogens is 588 g/mol. The number of fused-ring (bicyclic) bond motifs is 1. The number of methoxy groups -OCH3 is 2. The van der Waals surface area contributed by atoms with Gasteiger partial charge in [0.2, 0.25) is 5.91 Å². The minimum absolute atomic E-state index is 0.0645. The molecule has 0 radical (unpaired) electrons. The highest BCUT2D eigenvalue weighted by Gasteiger charge is 2.39. The van der Waals surface area contributed by atoms with Crippen LogP contribution in [0.1, 0.15) is 64.7 Å². The molecule has 4 aromatic rings. The summed E-state index contributed by atoms with van der Waals surface area (Å²) in [6, 6.07) is 30.5. The number of anilines is 1. The molecule has 4 aromatic carbocycles. The first-order valence-corrected chi connectivity index (χ1v) is 16.5. The van der Waals surface area contributed by atoms with Crippen LogP contribution in [0.15, 0.2) is 97.1 Å². The van der Waals surface area contributed by atoms with Gasteiger partial charge < -0.3 is 14.8 Å². The van der Waals surface area contributed by atoms with Crippen molar-refractivity contribution in [1.82, 2.24) is 5.32 Å². The highest BCUT2D eigenvalue weighted by atomic mass is 16.5. The standard InChI is InChI=1S/C40H44N2O5/c1-28-36(46-2)26-32(27-37(28)47-3)38(43)40(45)42-34-23-11-10-20-31(34)24-25-35(42)39(44)41-33(21-12-18-29-14-6-4-7-15-29)22-13-19-30-16-8-5-9-17-30/h4-11,14-17,20,23,26-27,33,35H,12-13,18-19,21-22,24-25H2,1-3H3,(H,41,44)/t35-/m0/s1. The number of hydrogen-bond donors (Lipinski definition) is 1. The average molecular weight is 633 g/mol. The van der Waals surface area contributed by atoms with Crippen LogP contribution in [0, 0.1) is 6.92 Å². The van der Waals surface area contributed by atoms with Crippen LogP contribution in [0.5, 0.6) is 11.5 Å². The molecule has 1 aliphatic rings. The fraction of sp³-hybridized carbons (Fsp3) is 0.325. The van der Waals surface area contributed by atoms with Crippen molar-refractivity contribution in [3.8, 4) is 11.5 Å². The van der Waals surface area contributed by atoms with E-state index in [1.54, 1.807) is 12.1 Å². The van der Waals surface area contributed by atoms with E-state index in [0.717, 1.165) is 49.7 Å². The van der Waals surface area contributed by atoms with Crippen LogP contribution in [0.3, 0.4) is 0 Å². The van der Waals surface area contributed by atoms with Gasteiger partial charge in [-0.1, -0.05) is 78.9 Å². The Morgan fingerprint density at radius 2 is 1.32 bits per heavy atom. The van der Waals surface area contributed by atoms with Gasteiger partial charge in [-0.3, -0.25) is 19.3 Å². The number of carbonyl (C=O) groups excluding carboxylic acids is 3. The molecule has 2 amide bonds. The number of aryl methyl sites for hydroxylation is 3. The fourth-order valence-electron chi connectivity index (χ4n) is 6.48. The summed E-state index contributed by atoms with van der Waals surface area (Å²) in [5.74, 6) is -0.817. The van der Waals surface area contributed by atoms with E-state index in [4.69, 9.17) is 9.47 Å². The molecule has 244 valence electrons. The number of benzene rings is 4. The van der Waals surface area contributed by atoms with Crippen molar-refractivity contribution < 1.29 is 23.9 Å². The smallest absolute Gasteiger partial charge is 0.300 e. The van der Waals surface area contributed by atoms with Crippen LogP contribution in [0.4, 0.5) is 5.69 Å². The van der Waals surface area contributed by atoms with Crippen LogP contribution >= 0.6 is 0 Å². The summed E-state index contributed by atoms with van der Waals surface area (Å²) in [6.07, 6.45) is 6.37. The predicted molar refractivity (Wildman–Crippen MR) is 185 cm³/mol. The molecule has 7 nitrogen and oxygen atoms in total. The lowest BCUT2D eigenvalue weighted by Gasteiger charge is -2.36. The van der Waals surface area contributed by atoms with Crippen molar-refractivity contribution in [1.29, 1.82) is 0 Å². The minimum atomic E-state index is -0.818. The number of Topliss-reactive ketones (excluding diaryl/α,β-unsaturated/α-hetero) is 1. The van der Waals surface area contributed by atoms with Crippen molar-refractivity contribution in [3.05, 3.63) is 125 Å². The van der Waals surface area contributed by atoms with E-state index in [1.807, 2.05) is 67.6 Å². The summed E-state index contributed by atoms with van der Waals surface area (Å²) in [4.78, 5) is 43.5. The summed E-state index contributed by atoms with van der Waals surface area (Å²) >= 11 is 0. The second-order valence-corrected chi connectivity index (χ2v) is 12.2. The first-order chi connectivity index (χ1) is 22.9. The molecule has 0 aliphatic carbocycles. The molecule has 0 unspecified atom stereocenters. The molecule has 0 saturated heterocycles. The van der Waals surface area contributed by atoms with E-state index < -0.39 is 17.7 Å². The maximum Gasteiger partial charge on any atom is 0.300 e. The molecule has 0 saturated carbocycles. The van der Waals surface area contributed by atoms with Crippen LogP contribution in [0.25, 0.3) is 0 Å². The largest absolute Gasteiger partial charge is 0.496 e. The monoisotopic (exact) mass is 632 g/mol. The van der Waals surface area contributed by atoms with Crippen molar-refractivity contribution in [2.24, 2.45) is 0 Å². The van der Waals surface area contributed by atoms with E-state index in [0.29, 0.717) is 30.0 Å². The zero-order valence-corrected chi connectivity index (χ0v) is 27.5. The van der Waals surface area contributed by atoms with Gasteiger partial charge in [0, 0.05) is 22.9 Å². The molecule has 5 rings (SSSR count). The predicted octanol–water partition coefficient (Wildman–Crippen LogP) is 7.07. The van der Waals surface area contributed by atoms with Gasteiger partial charge in [0.15, 0.2) is 0 Å². The Labute approximate surface area is 277 Å². The number of hydrogen-bond acceptors (Lipinski definition) is 5. The Kier molecular flexibility index (Phi) is 11.4. The number of nitrogens with one attached hydrogen (secondary N) is 1. The van der Waals surface area contributed by atoms with E-state index in [-0.39, 0.29) is 17.5 Å². The SMILES string of the molecule is COc1cc(C(=O)C(=O)N2c3ccccc3CC[C@H]2C(=O)NC(CCCc2ccccc2)CCCc2ccccc2)cc(OC)c1C. The zero-order chi connectivity index (χ0) is 33.2. The molecule has 47 heavy (non-hydrogen) atoms. The van der Waals surface area contributed by atoms with E-state index in [2.05, 4.69) is 29.6 Å². The van der Waals surface area contributed by atoms with E-state index in [1.165, 1.54) is 30.2 Å². The van der Waals surface area contributed by atoms with Gasteiger partial charge in [0.05, 0.1) is 14.2 Å². The number of carbonyl (C=O) groups is 3. The van der Waals surface area contributed by atoms with Crippen molar-refractivity contribution >= 4 is 23.3 Å². The van der Waals surface area contributed by atoms with Crippen LogP contribution < -0.4 is 19.7 Å². The fourth-order valence-corrected chi connectivity index (χ4v) is 6.48. The topological polar surface area (TPSA) is 84.9 Å². The van der Waals surface area contributed by atoms with Crippen molar-refractivity contribution in [2.45, 2.75) is 70.4 Å². The van der Waals surface area contributed by atoms with E-state index >= 15 is 0 Å². The quantitative estimate of drug-likeness (QED) is 0.119. The summed E-state index contributed by atoms with van der Waals surface area (Å²) in [6.45, 7) is 1.82. The van der Waals surface area contributed by atoms with E-state index in [9.17, 15) is 14.4 Å². The first-order valence-electron chi connectivity index (χ1n) is 16.5. The van der Waals surface area contributed by atoms with Crippen LogP contribution in [-0.2, 0) is 28.9 Å². The summed E-state index contributed by atoms with van der Waals surface area (Å²) in [5, 5.41) is 3.31. The lowest BCUT2D eigenvalue weighted by Crippen LogP contribution is -2.55. The second-order valence-electron chi connectivity index (χ2n) is 12.2. The molecule has 0 bridgehead atoms. The molecule has 1 N–H and O–H groups in total. The number of para-hydroxylation sites is 1. The highest BCUT2D eigenvalue weighted by Crippen LogP contribution is 2.34. The molecule has 1 aliphatic heterocycles. The Morgan fingerprint density at radius 3 is 1.87 bits per heavy atom. The van der Waals surface area contributed by atoms with Crippen LogP contribution in [-0.4, -0.2) is 43.9 Å². The Hall–Kier alpha value is -4.91. The average Bonchev–Trinajstić information content (AvgIpc) is 3.11. The molecule has 0 fully saturated rings. The lowest BCUT2D eigenvalue weighted by molar-refractivity contribution is -0.126. The molecular formula is C40H44N2O5. The minimum Gasteiger partial charge on any atom is -0.496 e. The zero-order valence-electron chi connectivity index (χ0n) is 27.5.